The highest BCUT2D eigenvalue weighted by atomic mass is 79.9. The van der Waals surface area contributed by atoms with Crippen LogP contribution in [0.5, 0.6) is 0 Å². The highest BCUT2D eigenvalue weighted by Crippen LogP contribution is 2.24. The van der Waals surface area contributed by atoms with Crippen LogP contribution in [-0.2, 0) is 16.4 Å². The molecule has 0 aliphatic rings. The van der Waals surface area contributed by atoms with Gasteiger partial charge < -0.3 is 0 Å². The normalized spacial score (nSPS) is 11.3. The number of rotatable bonds is 4. The second kappa shape index (κ2) is 5.88. The van der Waals surface area contributed by atoms with Crippen LogP contribution in [-0.4, -0.2) is 13.4 Å². The van der Waals surface area contributed by atoms with Gasteiger partial charge in [-0.15, -0.1) is 0 Å². The zero-order chi connectivity index (χ0) is 14.8. The molecule has 0 atom stereocenters. The monoisotopic (exact) mass is 358 g/mol. The van der Waals surface area contributed by atoms with Crippen molar-refractivity contribution in [3.63, 3.8) is 0 Å². The maximum absolute atomic E-state index is 13.5. The first kappa shape index (κ1) is 14.9. The molecule has 1 aromatic heterocycles. The first-order chi connectivity index (χ1) is 9.44. The van der Waals surface area contributed by atoms with E-state index in [4.69, 9.17) is 0 Å². The minimum Gasteiger partial charge on any atom is -0.278 e. The molecule has 106 valence electrons. The third-order valence-corrected chi connectivity index (χ3v) is 4.46. The number of nitrogens with zero attached hydrogens (tertiary/aromatic N) is 1. The molecule has 2 rings (SSSR count). The topological polar surface area (TPSA) is 59.1 Å². The van der Waals surface area contributed by atoms with Gasteiger partial charge in [-0.3, -0.25) is 4.72 Å². The van der Waals surface area contributed by atoms with E-state index in [9.17, 15) is 12.8 Å². The molecule has 1 N–H and O–H groups in total. The minimum atomic E-state index is -4.04. The molecule has 0 saturated heterocycles. The lowest BCUT2D eigenvalue weighted by Gasteiger charge is -2.12. The number of aryl methyl sites for hydroxylation is 1. The van der Waals surface area contributed by atoms with Crippen LogP contribution in [0.25, 0.3) is 0 Å². The summed E-state index contributed by atoms with van der Waals surface area (Å²) >= 11 is 3.32. The Bertz CT molecular complexity index is 735. The summed E-state index contributed by atoms with van der Waals surface area (Å²) < 4.78 is 41.1. The lowest BCUT2D eigenvalue weighted by Crippen LogP contribution is -2.17. The van der Waals surface area contributed by atoms with Crippen LogP contribution < -0.4 is 4.72 Å². The fraction of sp³-hybridized carbons (Fsp3) is 0.154. The van der Waals surface area contributed by atoms with Gasteiger partial charge in [-0.1, -0.05) is 22.9 Å². The molecule has 1 aromatic carbocycles. The van der Waals surface area contributed by atoms with Crippen LogP contribution in [0, 0.1) is 5.82 Å². The Morgan fingerprint density at radius 2 is 2.10 bits per heavy atom. The van der Waals surface area contributed by atoms with Gasteiger partial charge in [-0.05, 0) is 42.3 Å². The predicted molar refractivity (Wildman–Crippen MR) is 78.5 cm³/mol. The second-order valence-corrected chi connectivity index (χ2v) is 6.56. The van der Waals surface area contributed by atoms with Crippen molar-refractivity contribution >= 4 is 31.6 Å². The molecule has 7 heteroatoms. The van der Waals surface area contributed by atoms with Crippen molar-refractivity contribution in [1.82, 2.24) is 4.98 Å². The number of halogens is 2. The van der Waals surface area contributed by atoms with Crippen molar-refractivity contribution in [3.05, 3.63) is 52.4 Å². The largest absolute Gasteiger partial charge is 0.282 e. The van der Waals surface area contributed by atoms with Gasteiger partial charge in [0.2, 0.25) is 5.03 Å². The molecule has 2 aromatic rings. The Balaban J connectivity index is 2.41. The van der Waals surface area contributed by atoms with E-state index >= 15 is 0 Å². The number of sulfonamides is 1. The lowest BCUT2D eigenvalue weighted by atomic mass is 10.1. The molecular weight excluding hydrogens is 347 g/mol. The summed E-state index contributed by atoms with van der Waals surface area (Å²) in [5.74, 6) is -0.879. The molecule has 0 saturated carbocycles. The van der Waals surface area contributed by atoms with Gasteiger partial charge in [-0.2, -0.15) is 8.42 Å². The molecule has 0 fully saturated rings. The number of nitrogens with one attached hydrogen (secondary N) is 1. The van der Waals surface area contributed by atoms with E-state index in [-0.39, 0.29) is 0 Å². The summed E-state index contributed by atoms with van der Waals surface area (Å²) in [7, 11) is -4.04. The van der Waals surface area contributed by atoms with E-state index in [2.05, 4.69) is 25.6 Å². The Kier molecular flexibility index (Phi) is 4.39. The molecule has 0 amide bonds. The standard InChI is InChI=1S/C13H12BrFN2O2S/c1-2-9-8-10(14)5-6-12(9)17-20(18,19)13-11(15)4-3-7-16-13/h3-8,17H,2H2,1H3. The average Bonchev–Trinajstić information content (AvgIpc) is 2.41. The van der Waals surface area contributed by atoms with Crippen molar-refractivity contribution < 1.29 is 12.8 Å². The number of pyridine rings is 1. The Morgan fingerprint density at radius 1 is 1.35 bits per heavy atom. The molecule has 0 bridgehead atoms. The summed E-state index contributed by atoms with van der Waals surface area (Å²) in [6.45, 7) is 1.90. The SMILES string of the molecule is CCc1cc(Br)ccc1NS(=O)(=O)c1ncccc1F. The van der Waals surface area contributed by atoms with Crippen LogP contribution in [0.2, 0.25) is 0 Å². The maximum Gasteiger partial charge on any atom is 0.282 e. The number of aromatic nitrogens is 1. The van der Waals surface area contributed by atoms with Gasteiger partial charge >= 0.3 is 0 Å². The minimum absolute atomic E-state index is 0.417. The number of benzene rings is 1. The van der Waals surface area contributed by atoms with Gasteiger partial charge in [0.1, 0.15) is 0 Å². The maximum atomic E-state index is 13.5. The fourth-order valence-electron chi connectivity index (χ4n) is 1.72. The molecule has 0 aliphatic carbocycles. The molecule has 0 radical (unpaired) electrons. The quantitative estimate of drug-likeness (QED) is 0.911. The summed E-state index contributed by atoms with van der Waals surface area (Å²) in [6.07, 6.45) is 1.88. The number of anilines is 1. The zero-order valence-corrected chi connectivity index (χ0v) is 13.0. The average molecular weight is 359 g/mol. The highest BCUT2D eigenvalue weighted by molar-refractivity contribution is 9.10. The molecule has 0 aliphatic heterocycles. The Labute approximate surface area is 125 Å². The smallest absolute Gasteiger partial charge is 0.278 e. The molecule has 0 unspecified atom stereocenters. The lowest BCUT2D eigenvalue weighted by molar-refractivity contribution is 0.557. The highest BCUT2D eigenvalue weighted by Gasteiger charge is 2.21. The molecule has 20 heavy (non-hydrogen) atoms. The third kappa shape index (κ3) is 3.16. The molecule has 1 heterocycles. The van der Waals surface area contributed by atoms with Crippen molar-refractivity contribution in [2.75, 3.05) is 4.72 Å². The van der Waals surface area contributed by atoms with Gasteiger partial charge in [-0.25, -0.2) is 9.37 Å². The van der Waals surface area contributed by atoms with Gasteiger partial charge in [0, 0.05) is 10.7 Å². The van der Waals surface area contributed by atoms with Crippen LogP contribution in [0.15, 0.2) is 46.0 Å². The summed E-state index contributed by atoms with van der Waals surface area (Å²) in [5, 5.41) is -0.607. The van der Waals surface area contributed by atoms with E-state index in [1.54, 1.807) is 12.1 Å². The molecule has 4 nitrogen and oxygen atoms in total. The van der Waals surface area contributed by atoms with Crippen LogP contribution >= 0.6 is 15.9 Å². The fourth-order valence-corrected chi connectivity index (χ4v) is 3.23. The number of hydrogen-bond donors (Lipinski definition) is 1. The van der Waals surface area contributed by atoms with Crippen LogP contribution in [0.4, 0.5) is 10.1 Å². The van der Waals surface area contributed by atoms with Crippen molar-refractivity contribution in [3.8, 4) is 0 Å². The molecular formula is C13H12BrFN2O2S. The second-order valence-electron chi connectivity index (χ2n) is 4.05. The predicted octanol–water partition coefficient (Wildman–Crippen LogP) is 3.35. The first-order valence-electron chi connectivity index (χ1n) is 5.86. The van der Waals surface area contributed by atoms with Crippen molar-refractivity contribution in [2.24, 2.45) is 0 Å². The van der Waals surface area contributed by atoms with E-state index in [1.807, 2.05) is 13.0 Å². The van der Waals surface area contributed by atoms with Crippen molar-refractivity contribution in [1.29, 1.82) is 0 Å². The van der Waals surface area contributed by atoms with Crippen LogP contribution in [0.3, 0.4) is 0 Å². The number of hydrogen-bond acceptors (Lipinski definition) is 3. The van der Waals surface area contributed by atoms with Crippen LogP contribution in [0.1, 0.15) is 12.5 Å². The van der Waals surface area contributed by atoms with Gasteiger partial charge in [0.25, 0.3) is 10.0 Å². The van der Waals surface area contributed by atoms with Gasteiger partial charge in [0.15, 0.2) is 5.82 Å². The van der Waals surface area contributed by atoms with Crippen molar-refractivity contribution in [2.45, 2.75) is 18.4 Å². The summed E-state index contributed by atoms with van der Waals surface area (Å²) in [6, 6.07) is 7.55. The first-order valence-corrected chi connectivity index (χ1v) is 8.13. The zero-order valence-electron chi connectivity index (χ0n) is 10.6. The molecule has 0 spiro atoms. The third-order valence-electron chi connectivity index (χ3n) is 2.67. The van der Waals surface area contributed by atoms with E-state index in [0.717, 1.165) is 16.1 Å². The van der Waals surface area contributed by atoms with E-state index in [0.29, 0.717) is 12.1 Å². The van der Waals surface area contributed by atoms with Gasteiger partial charge in [0.05, 0.1) is 5.69 Å². The summed E-state index contributed by atoms with van der Waals surface area (Å²) in [4.78, 5) is 3.58. The Hall–Kier alpha value is -1.47. The summed E-state index contributed by atoms with van der Waals surface area (Å²) in [5.41, 5.74) is 1.22. The van der Waals surface area contributed by atoms with E-state index < -0.39 is 20.9 Å². The Morgan fingerprint density at radius 3 is 2.75 bits per heavy atom. The van der Waals surface area contributed by atoms with E-state index in [1.165, 1.54) is 12.3 Å².